The van der Waals surface area contributed by atoms with Crippen LogP contribution in [0.25, 0.3) is 0 Å². The van der Waals surface area contributed by atoms with Crippen LogP contribution in [0.3, 0.4) is 0 Å². The molecule has 1 saturated heterocycles. The van der Waals surface area contributed by atoms with Gasteiger partial charge in [0.05, 0.1) is 18.2 Å². The second-order valence-corrected chi connectivity index (χ2v) is 7.70. The average Bonchev–Trinajstić information content (AvgIpc) is 2.65. The Morgan fingerprint density at radius 3 is 2.52 bits per heavy atom. The Morgan fingerprint density at radius 1 is 1.16 bits per heavy atom. The lowest BCUT2D eigenvalue weighted by Crippen LogP contribution is -2.37. The Labute approximate surface area is 155 Å². The molecule has 1 aromatic rings. The largest absolute Gasteiger partial charge is 0.352 e. The Kier molecular flexibility index (Phi) is 6.92. The van der Waals surface area contributed by atoms with Crippen LogP contribution in [-0.2, 0) is 9.47 Å². The van der Waals surface area contributed by atoms with E-state index < -0.39 is 0 Å². The molecule has 1 aromatic carbocycles. The number of allylic oxidation sites excluding steroid dienone is 1. The van der Waals surface area contributed by atoms with Gasteiger partial charge in [-0.25, -0.2) is 4.39 Å². The van der Waals surface area contributed by atoms with Crippen LogP contribution in [0.4, 0.5) is 4.39 Å². The second kappa shape index (κ2) is 9.16. The monoisotopic (exact) mass is 366 g/mol. The molecule has 1 heterocycles. The van der Waals surface area contributed by atoms with Crippen LogP contribution in [0, 0.1) is 17.7 Å². The molecule has 0 radical (unpaired) electrons. The van der Waals surface area contributed by atoms with Crippen molar-refractivity contribution in [1.29, 1.82) is 0 Å². The summed E-state index contributed by atoms with van der Waals surface area (Å²) in [6, 6.07) is 5.21. The Bertz CT molecular complexity index is 573. The number of hydrogen-bond donors (Lipinski definition) is 0. The smallest absolute Gasteiger partial charge is 0.160 e. The van der Waals surface area contributed by atoms with Crippen LogP contribution >= 0.6 is 11.6 Å². The molecule has 0 spiro atoms. The predicted molar refractivity (Wildman–Crippen MR) is 99.3 cm³/mol. The van der Waals surface area contributed by atoms with Crippen molar-refractivity contribution in [2.45, 2.75) is 57.7 Å². The number of halogens is 2. The molecule has 0 bridgehead atoms. The number of rotatable bonds is 5. The third-order valence-corrected chi connectivity index (χ3v) is 5.69. The molecule has 0 aromatic heterocycles. The summed E-state index contributed by atoms with van der Waals surface area (Å²) in [6.45, 7) is 3.70. The van der Waals surface area contributed by atoms with Crippen molar-refractivity contribution < 1.29 is 13.9 Å². The molecule has 1 aliphatic carbocycles. The molecule has 2 aliphatic rings. The van der Waals surface area contributed by atoms with Crippen LogP contribution in [0.15, 0.2) is 30.4 Å². The number of hydrogen-bond acceptors (Lipinski definition) is 2. The molecule has 138 valence electrons. The van der Waals surface area contributed by atoms with Crippen molar-refractivity contribution in [1.82, 2.24) is 0 Å². The van der Waals surface area contributed by atoms with E-state index >= 15 is 0 Å². The van der Waals surface area contributed by atoms with Gasteiger partial charge in [0.1, 0.15) is 5.82 Å². The Morgan fingerprint density at radius 2 is 1.88 bits per heavy atom. The van der Waals surface area contributed by atoms with E-state index in [0.29, 0.717) is 17.8 Å². The van der Waals surface area contributed by atoms with Crippen LogP contribution < -0.4 is 0 Å². The van der Waals surface area contributed by atoms with Crippen LogP contribution in [0.2, 0.25) is 5.02 Å². The van der Waals surface area contributed by atoms with Gasteiger partial charge in [-0.15, -0.1) is 0 Å². The standard InChI is InChI=1S/C21H28ClFO2/c1-2-3-4-5-15-13-24-21(25-14-15)17-8-6-16(7-9-17)18-10-11-19(22)20(23)12-18/h4-5,10-12,15-17,21H,2-3,6-9,13-14H2,1H3/t15-,16-,17-,21-. The van der Waals surface area contributed by atoms with Crippen LogP contribution in [0.1, 0.15) is 56.9 Å². The number of ether oxygens (including phenoxy) is 2. The van der Waals surface area contributed by atoms with Crippen molar-refractivity contribution in [3.05, 3.63) is 46.8 Å². The van der Waals surface area contributed by atoms with Crippen molar-refractivity contribution in [3.8, 4) is 0 Å². The minimum absolute atomic E-state index is 0.0706. The first-order chi connectivity index (χ1) is 12.2. The van der Waals surface area contributed by atoms with Gasteiger partial charge in [0.15, 0.2) is 6.29 Å². The summed E-state index contributed by atoms with van der Waals surface area (Å²) < 4.78 is 25.6. The lowest BCUT2D eigenvalue weighted by atomic mass is 9.78. The fourth-order valence-corrected chi connectivity index (χ4v) is 3.98. The summed E-state index contributed by atoms with van der Waals surface area (Å²) in [4.78, 5) is 0. The summed E-state index contributed by atoms with van der Waals surface area (Å²) in [5.41, 5.74) is 1.06. The zero-order valence-corrected chi connectivity index (χ0v) is 15.7. The van der Waals surface area contributed by atoms with Crippen LogP contribution in [-0.4, -0.2) is 19.5 Å². The molecular formula is C21H28ClFO2. The van der Waals surface area contributed by atoms with E-state index in [1.54, 1.807) is 12.1 Å². The SMILES string of the molecule is CCCC=C[C@H]1CO[C@H]([C@H]2CC[C@H](c3ccc(Cl)c(F)c3)CC2)OC1. The fraction of sp³-hybridized carbons (Fsp3) is 0.619. The van der Waals surface area contributed by atoms with E-state index in [1.807, 2.05) is 6.07 Å². The molecule has 1 aliphatic heterocycles. The Balaban J connectivity index is 1.46. The molecule has 2 nitrogen and oxygen atoms in total. The van der Waals surface area contributed by atoms with Gasteiger partial charge >= 0.3 is 0 Å². The van der Waals surface area contributed by atoms with E-state index in [1.165, 1.54) is 6.42 Å². The lowest BCUT2D eigenvalue weighted by Gasteiger charge is -2.37. The maximum atomic E-state index is 13.7. The zero-order valence-electron chi connectivity index (χ0n) is 14.9. The number of benzene rings is 1. The van der Waals surface area contributed by atoms with Gasteiger partial charge in [0, 0.05) is 11.8 Å². The van der Waals surface area contributed by atoms with Gasteiger partial charge in [0.2, 0.25) is 0 Å². The highest BCUT2D eigenvalue weighted by Crippen LogP contribution is 2.39. The Hall–Kier alpha value is -0.900. The van der Waals surface area contributed by atoms with E-state index in [0.717, 1.165) is 50.9 Å². The summed E-state index contributed by atoms with van der Waals surface area (Å²) in [5.74, 6) is 0.934. The van der Waals surface area contributed by atoms with Crippen molar-refractivity contribution in [2.24, 2.45) is 11.8 Å². The summed E-state index contributed by atoms with van der Waals surface area (Å²) >= 11 is 5.78. The lowest BCUT2D eigenvalue weighted by molar-refractivity contribution is -0.222. The zero-order chi connectivity index (χ0) is 17.6. The highest BCUT2D eigenvalue weighted by atomic mass is 35.5. The summed E-state index contributed by atoms with van der Waals surface area (Å²) in [7, 11) is 0. The van der Waals surface area contributed by atoms with Gasteiger partial charge in [-0.05, 0) is 55.7 Å². The minimum atomic E-state index is -0.317. The van der Waals surface area contributed by atoms with Gasteiger partial charge in [-0.1, -0.05) is 43.2 Å². The fourth-order valence-electron chi connectivity index (χ4n) is 3.86. The predicted octanol–water partition coefficient (Wildman–Crippen LogP) is 6.10. The topological polar surface area (TPSA) is 18.5 Å². The quantitative estimate of drug-likeness (QED) is 0.586. The normalized spacial score (nSPS) is 30.7. The minimum Gasteiger partial charge on any atom is -0.352 e. The molecule has 25 heavy (non-hydrogen) atoms. The maximum absolute atomic E-state index is 13.7. The van der Waals surface area contributed by atoms with Gasteiger partial charge in [-0.2, -0.15) is 0 Å². The number of unbranched alkanes of at least 4 members (excludes halogenated alkanes) is 1. The van der Waals surface area contributed by atoms with E-state index in [-0.39, 0.29) is 17.1 Å². The van der Waals surface area contributed by atoms with Crippen molar-refractivity contribution in [2.75, 3.05) is 13.2 Å². The summed E-state index contributed by atoms with van der Waals surface area (Å²) in [5, 5.41) is 0.198. The first-order valence-corrected chi connectivity index (χ1v) is 9.90. The summed E-state index contributed by atoms with van der Waals surface area (Å²) in [6.07, 6.45) is 10.9. The maximum Gasteiger partial charge on any atom is 0.160 e. The van der Waals surface area contributed by atoms with E-state index in [4.69, 9.17) is 21.1 Å². The first-order valence-electron chi connectivity index (χ1n) is 9.52. The van der Waals surface area contributed by atoms with Crippen molar-refractivity contribution in [3.63, 3.8) is 0 Å². The highest BCUT2D eigenvalue weighted by Gasteiger charge is 2.32. The molecule has 2 fully saturated rings. The molecule has 0 N–H and O–H groups in total. The molecule has 4 heteroatoms. The highest BCUT2D eigenvalue weighted by molar-refractivity contribution is 6.30. The molecule has 0 amide bonds. The van der Waals surface area contributed by atoms with Gasteiger partial charge in [0.25, 0.3) is 0 Å². The van der Waals surface area contributed by atoms with E-state index in [2.05, 4.69) is 19.1 Å². The molecule has 0 unspecified atom stereocenters. The molecular weight excluding hydrogens is 339 g/mol. The van der Waals surface area contributed by atoms with E-state index in [9.17, 15) is 4.39 Å². The van der Waals surface area contributed by atoms with Crippen molar-refractivity contribution >= 4 is 11.6 Å². The third-order valence-electron chi connectivity index (χ3n) is 5.38. The van der Waals surface area contributed by atoms with Gasteiger partial charge in [-0.3, -0.25) is 0 Å². The molecule has 3 rings (SSSR count). The van der Waals surface area contributed by atoms with Gasteiger partial charge < -0.3 is 9.47 Å². The third kappa shape index (κ3) is 5.06. The average molecular weight is 367 g/mol. The molecule has 0 atom stereocenters. The molecule has 1 saturated carbocycles. The first kappa shape index (κ1) is 18.9. The second-order valence-electron chi connectivity index (χ2n) is 7.30. The van der Waals surface area contributed by atoms with Crippen LogP contribution in [0.5, 0.6) is 0 Å².